The Balaban J connectivity index is 3.63. The first-order valence-electron chi connectivity index (χ1n) is 4.32. The van der Waals surface area contributed by atoms with Crippen LogP contribution in [0.15, 0.2) is 0 Å². The van der Waals surface area contributed by atoms with Crippen molar-refractivity contribution in [2.24, 2.45) is 0 Å². The molecule has 1 aromatic rings. The number of benzene rings is 1. The van der Waals surface area contributed by atoms with Crippen molar-refractivity contribution in [1.29, 1.82) is 0 Å². The van der Waals surface area contributed by atoms with Crippen LogP contribution in [0.4, 0.5) is 17.6 Å². The molecule has 0 amide bonds. The Morgan fingerprint density at radius 3 is 1.50 bits per heavy atom. The van der Waals surface area contributed by atoms with E-state index in [0.29, 0.717) is 0 Å². The summed E-state index contributed by atoms with van der Waals surface area (Å²) in [5.74, 6) is -7.43. The Hall–Kier alpha value is -0.710. The fourth-order valence-electron chi connectivity index (χ4n) is 1.32. The quantitative estimate of drug-likeness (QED) is 0.484. The molecule has 0 spiro atoms. The van der Waals surface area contributed by atoms with Gasteiger partial charge in [-0.15, -0.1) is 0 Å². The molecule has 0 bridgehead atoms. The molecule has 0 fully saturated rings. The third kappa shape index (κ3) is 2.05. The van der Waals surface area contributed by atoms with Gasteiger partial charge in [-0.1, -0.05) is 13.8 Å². The molecule has 0 aliphatic rings. The minimum absolute atomic E-state index is 0.740. The molecule has 90 valence electrons. The summed E-state index contributed by atoms with van der Waals surface area (Å²) in [7, 11) is -3.23. The van der Waals surface area contributed by atoms with Gasteiger partial charge >= 0.3 is 0 Å². The second kappa shape index (κ2) is 4.65. The maximum absolute atomic E-state index is 13.3. The highest BCUT2D eigenvalue weighted by atomic mass is 31.2. The van der Waals surface area contributed by atoms with E-state index in [4.69, 9.17) is 9.79 Å². The van der Waals surface area contributed by atoms with Crippen LogP contribution in [0.2, 0.25) is 0 Å². The maximum atomic E-state index is 13.3. The van der Waals surface area contributed by atoms with Crippen LogP contribution in [-0.2, 0) is 0 Å². The largest absolute Gasteiger partial charge is 0.346 e. The van der Waals surface area contributed by atoms with E-state index >= 15 is 0 Å². The molecule has 0 aliphatic heterocycles. The lowest BCUT2D eigenvalue weighted by Crippen LogP contribution is -2.20. The molecule has 0 atom stereocenters. The second-order valence-corrected chi connectivity index (χ2v) is 4.49. The third-order valence-corrected chi connectivity index (χ3v) is 2.84. The second-order valence-electron chi connectivity index (χ2n) is 3.46. The zero-order valence-corrected chi connectivity index (χ0v) is 9.33. The van der Waals surface area contributed by atoms with Gasteiger partial charge in [0, 0.05) is 5.56 Å². The minimum Gasteiger partial charge on any atom is -0.346 e. The standard InChI is InChI=1S/C9H9F4O2P/c1-3(2)4-5(10)7(12)9(16(14)15)8(13)6(4)11/h3,14-15H,1-2H3. The Morgan fingerprint density at radius 2 is 1.25 bits per heavy atom. The van der Waals surface area contributed by atoms with Crippen LogP contribution in [0, 0.1) is 23.3 Å². The molecule has 0 radical (unpaired) electrons. The van der Waals surface area contributed by atoms with Crippen molar-refractivity contribution in [3.8, 4) is 0 Å². The van der Waals surface area contributed by atoms with E-state index in [9.17, 15) is 17.6 Å². The van der Waals surface area contributed by atoms with E-state index in [-0.39, 0.29) is 0 Å². The van der Waals surface area contributed by atoms with E-state index in [1.807, 2.05) is 0 Å². The molecule has 0 saturated heterocycles. The Labute approximate surface area is 90.4 Å². The maximum Gasteiger partial charge on any atom is 0.205 e. The molecule has 0 aromatic heterocycles. The highest BCUT2D eigenvalue weighted by Crippen LogP contribution is 2.32. The van der Waals surface area contributed by atoms with Gasteiger partial charge in [0.05, 0.1) is 0 Å². The Bertz CT molecular complexity index is 352. The van der Waals surface area contributed by atoms with Crippen molar-refractivity contribution in [2.75, 3.05) is 0 Å². The lowest BCUT2D eigenvalue weighted by molar-refractivity contribution is 0.432. The van der Waals surface area contributed by atoms with Crippen LogP contribution in [-0.4, -0.2) is 9.79 Å². The molecule has 1 aromatic carbocycles. The van der Waals surface area contributed by atoms with Crippen LogP contribution in [0.5, 0.6) is 0 Å². The summed E-state index contributed by atoms with van der Waals surface area (Å²) in [6, 6.07) is 0. The lowest BCUT2D eigenvalue weighted by atomic mass is 10.0. The summed E-state index contributed by atoms with van der Waals surface area (Å²) in [5.41, 5.74) is -0.740. The van der Waals surface area contributed by atoms with E-state index in [2.05, 4.69) is 0 Å². The number of hydrogen-bond donors (Lipinski definition) is 2. The SMILES string of the molecule is CC(C)c1c(F)c(F)c(P(O)O)c(F)c1F. The first kappa shape index (κ1) is 13.4. The van der Waals surface area contributed by atoms with Gasteiger partial charge in [-0.25, -0.2) is 17.6 Å². The van der Waals surface area contributed by atoms with Gasteiger partial charge in [0.2, 0.25) is 8.38 Å². The van der Waals surface area contributed by atoms with Crippen LogP contribution in [0.3, 0.4) is 0 Å². The highest BCUT2D eigenvalue weighted by molar-refractivity contribution is 7.54. The Morgan fingerprint density at radius 1 is 0.875 bits per heavy atom. The number of rotatable bonds is 2. The molecular formula is C9H9F4O2P. The molecule has 0 heterocycles. The van der Waals surface area contributed by atoms with Crippen LogP contribution in [0.25, 0.3) is 0 Å². The molecule has 0 saturated carbocycles. The van der Waals surface area contributed by atoms with Crippen LogP contribution >= 0.6 is 8.38 Å². The van der Waals surface area contributed by atoms with E-state index in [0.717, 1.165) is 0 Å². The zero-order valence-electron chi connectivity index (χ0n) is 8.43. The van der Waals surface area contributed by atoms with Gasteiger partial charge in [0.1, 0.15) is 5.30 Å². The lowest BCUT2D eigenvalue weighted by Gasteiger charge is -2.14. The number of hydrogen-bond acceptors (Lipinski definition) is 2. The minimum atomic E-state index is -3.23. The fourth-order valence-corrected chi connectivity index (χ4v) is 1.87. The fraction of sp³-hybridized carbons (Fsp3) is 0.333. The molecule has 2 nitrogen and oxygen atoms in total. The van der Waals surface area contributed by atoms with E-state index in [1.165, 1.54) is 13.8 Å². The molecule has 7 heteroatoms. The summed E-state index contributed by atoms with van der Waals surface area (Å²) < 4.78 is 53.1. The average molecular weight is 256 g/mol. The summed E-state index contributed by atoms with van der Waals surface area (Å²) in [6.45, 7) is 2.72. The zero-order chi connectivity index (χ0) is 12.6. The molecule has 1 rings (SSSR count). The predicted octanol–water partition coefficient (Wildman–Crippen LogP) is 2.29. The van der Waals surface area contributed by atoms with E-state index in [1.54, 1.807) is 0 Å². The number of halogens is 4. The van der Waals surface area contributed by atoms with Gasteiger partial charge in [0.15, 0.2) is 23.3 Å². The van der Waals surface area contributed by atoms with Crippen LogP contribution in [0.1, 0.15) is 25.3 Å². The summed E-state index contributed by atoms with van der Waals surface area (Å²) in [5, 5.41) is -1.35. The van der Waals surface area contributed by atoms with Gasteiger partial charge in [-0.05, 0) is 5.92 Å². The van der Waals surface area contributed by atoms with Crippen molar-refractivity contribution in [3.63, 3.8) is 0 Å². The monoisotopic (exact) mass is 256 g/mol. The highest BCUT2D eigenvalue weighted by Gasteiger charge is 2.29. The topological polar surface area (TPSA) is 40.5 Å². The molecule has 16 heavy (non-hydrogen) atoms. The molecule has 0 unspecified atom stereocenters. The smallest absolute Gasteiger partial charge is 0.205 e. The molecule has 0 aliphatic carbocycles. The summed E-state index contributed by atoms with van der Waals surface area (Å²) in [4.78, 5) is 17.3. The third-order valence-electron chi connectivity index (χ3n) is 2.05. The average Bonchev–Trinajstić information content (AvgIpc) is 2.14. The van der Waals surface area contributed by atoms with Crippen molar-refractivity contribution < 1.29 is 27.3 Å². The van der Waals surface area contributed by atoms with Gasteiger partial charge in [-0.2, -0.15) is 0 Å². The van der Waals surface area contributed by atoms with Crippen LogP contribution < -0.4 is 5.30 Å². The summed E-state index contributed by atoms with van der Waals surface area (Å²) in [6.07, 6.45) is 0. The first-order valence-corrected chi connectivity index (χ1v) is 5.57. The van der Waals surface area contributed by atoms with Crippen molar-refractivity contribution in [2.45, 2.75) is 19.8 Å². The Kier molecular flexibility index (Phi) is 3.88. The van der Waals surface area contributed by atoms with Crippen molar-refractivity contribution >= 4 is 13.7 Å². The van der Waals surface area contributed by atoms with Crippen molar-refractivity contribution in [3.05, 3.63) is 28.8 Å². The first-order chi connectivity index (χ1) is 7.29. The van der Waals surface area contributed by atoms with E-state index < -0.39 is 48.4 Å². The normalized spacial score (nSPS) is 11.6. The summed E-state index contributed by atoms with van der Waals surface area (Å²) >= 11 is 0. The molecule has 2 N–H and O–H groups in total. The van der Waals surface area contributed by atoms with Crippen molar-refractivity contribution in [1.82, 2.24) is 0 Å². The predicted molar refractivity (Wildman–Crippen MR) is 51.4 cm³/mol. The van der Waals surface area contributed by atoms with Gasteiger partial charge in [0.25, 0.3) is 0 Å². The van der Waals surface area contributed by atoms with Gasteiger partial charge in [-0.3, -0.25) is 0 Å². The molecular weight excluding hydrogens is 247 g/mol. The van der Waals surface area contributed by atoms with Gasteiger partial charge < -0.3 is 9.79 Å².